The van der Waals surface area contributed by atoms with Gasteiger partial charge in [-0.15, -0.1) is 0 Å². The number of likely N-dealkylation sites (tertiary alicyclic amines) is 1. The van der Waals surface area contributed by atoms with E-state index < -0.39 is 138 Å². The number of unbranched alkanes of at least 4 members (excludes halogenated alkanes) is 1. The van der Waals surface area contributed by atoms with E-state index in [0.29, 0.717) is 31.4 Å². The van der Waals surface area contributed by atoms with Crippen LogP contribution in [0.25, 0.3) is 0 Å². The fraction of sp³-hybridized carbons (Fsp3) is 0.720. The van der Waals surface area contributed by atoms with Crippen LogP contribution in [-0.2, 0) is 54.4 Å². The molecule has 0 radical (unpaired) electrons. The van der Waals surface area contributed by atoms with Crippen molar-refractivity contribution in [3.8, 4) is 0 Å². The smallest absolute Gasteiger partial charge is 0.326 e. The van der Waals surface area contributed by atoms with Crippen LogP contribution in [0.5, 0.6) is 0 Å². The number of aliphatic carboxylic acids is 2. The monoisotopic (exact) mass is 1090 g/mol. The van der Waals surface area contributed by atoms with Crippen LogP contribution in [0.3, 0.4) is 0 Å². The largest absolute Gasteiger partial charge is 0.481 e. The topological polar surface area (TPSA) is 444 Å². The van der Waals surface area contributed by atoms with Crippen LogP contribution in [0.1, 0.15) is 132 Å². The number of nitrogens with two attached hydrogens (primary N) is 4. The molecule has 8 amide bonds. The molecule has 0 aliphatic carbocycles. The molecule has 27 nitrogen and oxygen atoms in total. The first kappa shape index (κ1) is 66.2. The minimum Gasteiger partial charge on any atom is -0.481 e. The van der Waals surface area contributed by atoms with Gasteiger partial charge in [0.05, 0.1) is 12.4 Å². The minimum atomic E-state index is -1.53. The summed E-state index contributed by atoms with van der Waals surface area (Å²) in [5.41, 5.74) is 23.4. The number of carbonyl (C=O) groups is 10. The normalized spacial score (nSPS) is 16.8. The van der Waals surface area contributed by atoms with E-state index in [0.717, 1.165) is 0 Å². The van der Waals surface area contributed by atoms with E-state index in [4.69, 9.17) is 22.9 Å². The molecule has 18 N–H and O–H groups in total. The quantitative estimate of drug-likeness (QED) is 0.0203. The van der Waals surface area contributed by atoms with E-state index in [1.54, 1.807) is 27.7 Å². The number of rotatable bonds is 35. The number of aliphatic imine (C=N–C) groups is 1. The second-order valence-electron chi connectivity index (χ2n) is 20.8. The molecule has 0 unspecified atom stereocenters. The Labute approximate surface area is 450 Å². The number of aromatic nitrogens is 2. The summed E-state index contributed by atoms with van der Waals surface area (Å²) < 4.78 is 0. The maximum atomic E-state index is 14.6. The van der Waals surface area contributed by atoms with Gasteiger partial charge >= 0.3 is 11.9 Å². The van der Waals surface area contributed by atoms with Crippen LogP contribution in [0, 0.1) is 23.7 Å². The molecule has 0 saturated carbocycles. The van der Waals surface area contributed by atoms with Crippen LogP contribution in [-0.4, -0.2) is 164 Å². The fourth-order valence-corrected chi connectivity index (χ4v) is 8.50. The molecule has 434 valence electrons. The van der Waals surface area contributed by atoms with E-state index in [2.05, 4.69) is 52.2 Å². The van der Waals surface area contributed by atoms with Gasteiger partial charge in [0.2, 0.25) is 47.3 Å². The molecule has 77 heavy (non-hydrogen) atoms. The van der Waals surface area contributed by atoms with Crippen LogP contribution in [0.4, 0.5) is 0 Å². The number of carboxylic acids is 2. The molecule has 10 atom stereocenters. The Bertz CT molecular complexity index is 2150. The lowest BCUT2D eigenvalue weighted by Crippen LogP contribution is -2.61. The van der Waals surface area contributed by atoms with Gasteiger partial charge in [-0.25, -0.2) is 9.78 Å². The fourth-order valence-electron chi connectivity index (χ4n) is 8.50. The Morgan fingerprint density at radius 1 is 0.714 bits per heavy atom. The van der Waals surface area contributed by atoms with Gasteiger partial charge in [0.15, 0.2) is 5.96 Å². The van der Waals surface area contributed by atoms with E-state index in [1.807, 2.05) is 27.7 Å². The van der Waals surface area contributed by atoms with Crippen molar-refractivity contribution in [3.63, 3.8) is 0 Å². The van der Waals surface area contributed by atoms with Gasteiger partial charge in [0, 0.05) is 37.8 Å². The van der Waals surface area contributed by atoms with Gasteiger partial charge in [0.1, 0.15) is 48.3 Å². The van der Waals surface area contributed by atoms with Crippen molar-refractivity contribution in [1.29, 1.82) is 0 Å². The molecule has 1 aliphatic heterocycles. The number of amides is 8. The van der Waals surface area contributed by atoms with Gasteiger partial charge in [-0.3, -0.25) is 48.1 Å². The van der Waals surface area contributed by atoms with Crippen molar-refractivity contribution in [2.45, 2.75) is 187 Å². The van der Waals surface area contributed by atoms with Crippen molar-refractivity contribution >= 4 is 65.2 Å². The Balaban J connectivity index is 2.44. The van der Waals surface area contributed by atoms with Gasteiger partial charge < -0.3 is 80.2 Å². The first-order valence-electron chi connectivity index (χ1n) is 26.6. The molecule has 1 aliphatic rings. The number of carboxylic acid groups (broad SMARTS) is 2. The highest BCUT2D eigenvalue weighted by Crippen LogP contribution is 2.22. The summed E-state index contributed by atoms with van der Waals surface area (Å²) in [4.78, 5) is 148. The predicted molar refractivity (Wildman–Crippen MR) is 284 cm³/mol. The lowest BCUT2D eigenvalue weighted by molar-refractivity contribution is -0.144. The number of hydrogen-bond acceptors (Lipinski definition) is 14. The van der Waals surface area contributed by atoms with E-state index >= 15 is 0 Å². The van der Waals surface area contributed by atoms with Crippen molar-refractivity contribution < 1.29 is 58.2 Å². The number of carbonyl (C=O) groups excluding carboxylic acids is 8. The zero-order valence-corrected chi connectivity index (χ0v) is 45.9. The van der Waals surface area contributed by atoms with E-state index in [9.17, 15) is 58.2 Å². The van der Waals surface area contributed by atoms with Crippen LogP contribution in [0.15, 0.2) is 17.5 Å². The van der Waals surface area contributed by atoms with Crippen molar-refractivity contribution in [2.24, 2.45) is 51.6 Å². The number of hydrogen-bond donors (Lipinski definition) is 14. The number of nitrogens with one attached hydrogen (secondary N) is 8. The van der Waals surface area contributed by atoms with Crippen molar-refractivity contribution in [2.75, 3.05) is 19.6 Å². The third-order valence-corrected chi connectivity index (χ3v) is 13.2. The molecule has 0 aromatic carbocycles. The Hall–Kier alpha value is -6.90. The summed E-state index contributed by atoms with van der Waals surface area (Å²) in [5, 5.41) is 37.6. The number of imidazole rings is 1. The first-order valence-corrected chi connectivity index (χ1v) is 26.6. The number of aromatic amines is 1. The van der Waals surface area contributed by atoms with Crippen LogP contribution >= 0.6 is 0 Å². The SMILES string of the molecule is CC[C@H](C)[C@H](N)C(=O)N[C@@H](CC(C)C)C(=O)N[C@@H](CCCN=C(N)N)C(=O)N[C@@H](CCCCN)C(=O)N1CCC[C@H]1C(=O)N[C@H](C(=O)N[C@@H](Cc1cnc[nH]1)C(=O)N[C@@H](CCC(=O)O)C(=O)N[C@H](C(=O)O)C(C)C)C(C)C. The van der Waals surface area contributed by atoms with E-state index in [-0.39, 0.29) is 76.0 Å². The standard InChI is InChI=1S/C50H87N15O12/c1-9-29(8)38(52)46(73)61-34(22-26(2)3)43(70)58-31(15-12-20-56-50(53)54)41(68)60-33(14-10-11-19-51)48(75)65-21-13-16-36(65)45(72)63-39(27(4)5)47(74)62-35(23-30-24-55-25-57-30)44(71)59-32(17-18-37(66)67)42(69)64-40(28(6)7)49(76)77/h24-29,31-36,38-40H,9-23,51-52H2,1-8H3,(H,55,57)(H,58,70)(H,59,71)(H,60,68)(H,61,73)(H,62,74)(H,63,72)(H,64,69)(H,66,67)(H,76,77)(H4,53,54,56)/t29-,31-,32-,33-,34-,35-,36-,38-,39-,40-/m0/s1. The summed E-state index contributed by atoms with van der Waals surface area (Å²) >= 11 is 0. The summed E-state index contributed by atoms with van der Waals surface area (Å²) in [5.74, 6) is -10.1. The molecule has 27 heteroatoms. The van der Waals surface area contributed by atoms with Gasteiger partial charge in [0.25, 0.3) is 0 Å². The predicted octanol–water partition coefficient (Wildman–Crippen LogP) is -1.80. The van der Waals surface area contributed by atoms with Crippen LogP contribution < -0.4 is 60.2 Å². The Morgan fingerprint density at radius 3 is 1.82 bits per heavy atom. The summed E-state index contributed by atoms with van der Waals surface area (Å²) in [6.07, 6.45) is 4.17. The highest BCUT2D eigenvalue weighted by molar-refractivity contribution is 5.98. The lowest BCUT2D eigenvalue weighted by atomic mass is 9.97. The molecule has 2 rings (SSSR count). The lowest BCUT2D eigenvalue weighted by Gasteiger charge is -2.32. The Kier molecular flexibility index (Phi) is 28.6. The average molecular weight is 1090 g/mol. The van der Waals surface area contributed by atoms with Crippen LogP contribution in [0.2, 0.25) is 0 Å². The summed E-state index contributed by atoms with van der Waals surface area (Å²) in [6, 6.07) is -11.1. The third kappa shape index (κ3) is 22.7. The molecule has 1 saturated heterocycles. The highest BCUT2D eigenvalue weighted by Gasteiger charge is 2.41. The maximum Gasteiger partial charge on any atom is 0.326 e. The summed E-state index contributed by atoms with van der Waals surface area (Å²) in [6.45, 7) is 14.3. The van der Waals surface area contributed by atoms with Gasteiger partial charge in [-0.05, 0) is 88.0 Å². The van der Waals surface area contributed by atoms with Crippen molar-refractivity contribution in [1.82, 2.24) is 52.1 Å². The third-order valence-electron chi connectivity index (χ3n) is 13.2. The summed E-state index contributed by atoms with van der Waals surface area (Å²) in [7, 11) is 0. The molecule has 2 heterocycles. The highest BCUT2D eigenvalue weighted by atomic mass is 16.4. The van der Waals surface area contributed by atoms with Crippen molar-refractivity contribution in [3.05, 3.63) is 18.2 Å². The molecule has 1 aromatic heterocycles. The molecule has 0 spiro atoms. The molecular formula is C50H87N15O12. The number of nitrogens with zero attached hydrogens (tertiary/aromatic N) is 3. The molecule has 0 bridgehead atoms. The molecule has 1 aromatic rings. The second-order valence-corrected chi connectivity index (χ2v) is 20.8. The molecule has 1 fully saturated rings. The Morgan fingerprint density at radius 2 is 1.27 bits per heavy atom. The first-order chi connectivity index (χ1) is 36.2. The number of H-pyrrole nitrogens is 1. The van der Waals surface area contributed by atoms with Gasteiger partial charge in [-0.2, -0.15) is 0 Å². The molecular weight excluding hydrogens is 1000 g/mol. The maximum absolute atomic E-state index is 14.6. The van der Waals surface area contributed by atoms with E-state index in [1.165, 1.54) is 17.4 Å². The second kappa shape index (κ2) is 33.3. The average Bonchev–Trinajstić information content (AvgIpc) is 4.08. The zero-order chi connectivity index (χ0) is 58.1. The number of guanidine groups is 1. The minimum absolute atomic E-state index is 0.0245. The van der Waals surface area contributed by atoms with Gasteiger partial charge in [-0.1, -0.05) is 61.8 Å². The zero-order valence-electron chi connectivity index (χ0n) is 45.9.